The Morgan fingerprint density at radius 3 is 2.76 bits per heavy atom. The van der Waals surface area contributed by atoms with Gasteiger partial charge in [0.1, 0.15) is 5.78 Å². The molecule has 1 aromatic heterocycles. The molecule has 1 heterocycles. The van der Waals surface area contributed by atoms with E-state index in [-0.39, 0.29) is 5.92 Å². The van der Waals surface area contributed by atoms with Gasteiger partial charge < -0.3 is 0 Å². The molecule has 2 rings (SSSR count). The lowest BCUT2D eigenvalue weighted by Gasteiger charge is -2.08. The number of nitrogens with zero attached hydrogens (tertiary/aromatic N) is 1. The van der Waals surface area contributed by atoms with Crippen molar-refractivity contribution >= 4 is 5.78 Å². The van der Waals surface area contributed by atoms with Gasteiger partial charge in [-0.2, -0.15) is 0 Å². The zero-order valence-corrected chi connectivity index (χ0v) is 10.8. The van der Waals surface area contributed by atoms with Crippen LogP contribution in [0.2, 0.25) is 0 Å². The number of carbonyl (C=O) groups is 1. The molecule has 1 fully saturated rings. The van der Waals surface area contributed by atoms with Crippen LogP contribution in [-0.4, -0.2) is 10.8 Å². The number of carbonyl (C=O) groups excluding carboxylic acids is 1. The fourth-order valence-corrected chi connectivity index (χ4v) is 2.59. The Morgan fingerprint density at radius 2 is 2.24 bits per heavy atom. The second kappa shape index (κ2) is 5.44. The Bertz CT molecular complexity index is 382. The molecule has 1 aliphatic rings. The molecule has 0 aromatic carbocycles. The van der Waals surface area contributed by atoms with Crippen LogP contribution < -0.4 is 0 Å². The largest absolute Gasteiger partial charge is 0.299 e. The highest BCUT2D eigenvalue weighted by Crippen LogP contribution is 2.31. The molecule has 2 unspecified atom stereocenters. The van der Waals surface area contributed by atoms with Crippen molar-refractivity contribution in [1.82, 2.24) is 4.98 Å². The van der Waals surface area contributed by atoms with Crippen LogP contribution >= 0.6 is 0 Å². The highest BCUT2D eigenvalue weighted by Gasteiger charge is 2.27. The molecule has 1 aliphatic carbocycles. The highest BCUT2D eigenvalue weighted by molar-refractivity contribution is 5.83. The number of rotatable bonds is 4. The maximum atomic E-state index is 12.1. The van der Waals surface area contributed by atoms with E-state index in [9.17, 15) is 4.79 Å². The topological polar surface area (TPSA) is 30.0 Å². The number of hydrogen-bond acceptors (Lipinski definition) is 2. The van der Waals surface area contributed by atoms with Gasteiger partial charge in [-0.1, -0.05) is 19.9 Å². The molecule has 2 nitrogen and oxygen atoms in total. The van der Waals surface area contributed by atoms with Gasteiger partial charge in [0.05, 0.1) is 0 Å². The monoisotopic (exact) mass is 231 g/mol. The Balaban J connectivity index is 1.93. The Morgan fingerprint density at radius 1 is 1.41 bits per heavy atom. The number of hydrogen-bond donors (Lipinski definition) is 0. The number of aromatic nitrogens is 1. The van der Waals surface area contributed by atoms with Crippen molar-refractivity contribution in [2.75, 3.05) is 0 Å². The predicted octanol–water partition coefficient (Wildman–Crippen LogP) is 3.19. The van der Waals surface area contributed by atoms with E-state index in [4.69, 9.17) is 0 Å². The van der Waals surface area contributed by atoms with Crippen molar-refractivity contribution < 1.29 is 4.79 Å². The quantitative estimate of drug-likeness (QED) is 0.796. The number of ketones is 1. The van der Waals surface area contributed by atoms with Crippen LogP contribution in [0.15, 0.2) is 18.3 Å². The highest BCUT2D eigenvalue weighted by atomic mass is 16.1. The van der Waals surface area contributed by atoms with E-state index >= 15 is 0 Å². The molecule has 0 bridgehead atoms. The molecular formula is C15H21NO. The van der Waals surface area contributed by atoms with Crippen molar-refractivity contribution in [3.8, 4) is 0 Å². The summed E-state index contributed by atoms with van der Waals surface area (Å²) in [5.41, 5.74) is 2.16. The van der Waals surface area contributed by atoms with Gasteiger partial charge in [0.2, 0.25) is 0 Å². The first-order chi connectivity index (χ1) is 8.19. The summed E-state index contributed by atoms with van der Waals surface area (Å²) in [6.07, 6.45) is 6.76. The van der Waals surface area contributed by atoms with Gasteiger partial charge in [-0.05, 0) is 43.2 Å². The summed E-state index contributed by atoms with van der Waals surface area (Å²) in [6.45, 7) is 4.35. The smallest absolute Gasteiger partial charge is 0.141 e. The Labute approximate surface area is 103 Å². The van der Waals surface area contributed by atoms with Crippen molar-refractivity contribution in [3.05, 3.63) is 29.6 Å². The van der Waals surface area contributed by atoms with Crippen LogP contribution in [0.4, 0.5) is 0 Å². The fraction of sp³-hybridized carbons (Fsp3) is 0.600. The second-order valence-corrected chi connectivity index (χ2v) is 5.27. The summed E-state index contributed by atoms with van der Waals surface area (Å²) >= 11 is 0. The fourth-order valence-electron chi connectivity index (χ4n) is 2.59. The standard InChI is InChI=1S/C15H21NO/c1-3-12-5-7-14(16-10-12)9-15(17)13-6-4-11(2)8-13/h5,7,10-11,13H,3-4,6,8-9H2,1-2H3. The van der Waals surface area contributed by atoms with Gasteiger partial charge in [0, 0.05) is 24.2 Å². The second-order valence-electron chi connectivity index (χ2n) is 5.27. The minimum atomic E-state index is 0.289. The summed E-state index contributed by atoms with van der Waals surface area (Å²) in [4.78, 5) is 16.4. The first-order valence-electron chi connectivity index (χ1n) is 6.65. The van der Waals surface area contributed by atoms with E-state index in [1.165, 1.54) is 12.0 Å². The number of Topliss-reactive ketones (excluding diaryl/α,β-unsaturated/α-hetero) is 1. The molecule has 1 saturated carbocycles. The van der Waals surface area contributed by atoms with Crippen molar-refractivity contribution in [3.63, 3.8) is 0 Å². The van der Waals surface area contributed by atoms with Gasteiger partial charge in [0.15, 0.2) is 0 Å². The summed E-state index contributed by atoms with van der Waals surface area (Å²) in [7, 11) is 0. The van der Waals surface area contributed by atoms with Crippen LogP contribution in [-0.2, 0) is 17.6 Å². The lowest BCUT2D eigenvalue weighted by atomic mass is 9.97. The molecule has 0 N–H and O–H groups in total. The lowest BCUT2D eigenvalue weighted by molar-refractivity contribution is -0.122. The summed E-state index contributed by atoms with van der Waals surface area (Å²) < 4.78 is 0. The average Bonchev–Trinajstić information content (AvgIpc) is 2.77. The van der Waals surface area contributed by atoms with Gasteiger partial charge in [-0.15, -0.1) is 0 Å². The molecule has 0 aliphatic heterocycles. The summed E-state index contributed by atoms with van der Waals surface area (Å²) in [6, 6.07) is 4.07. The predicted molar refractivity (Wildman–Crippen MR) is 68.8 cm³/mol. The number of pyridine rings is 1. The Hall–Kier alpha value is -1.18. The maximum Gasteiger partial charge on any atom is 0.141 e. The van der Waals surface area contributed by atoms with Crippen LogP contribution in [0.5, 0.6) is 0 Å². The molecule has 0 amide bonds. The molecule has 0 radical (unpaired) electrons. The van der Waals surface area contributed by atoms with E-state index in [2.05, 4.69) is 24.9 Å². The third-order valence-corrected chi connectivity index (χ3v) is 3.80. The van der Waals surface area contributed by atoms with E-state index < -0.39 is 0 Å². The lowest BCUT2D eigenvalue weighted by Crippen LogP contribution is -2.14. The van der Waals surface area contributed by atoms with Crippen LogP contribution in [0, 0.1) is 11.8 Å². The third-order valence-electron chi connectivity index (χ3n) is 3.80. The van der Waals surface area contributed by atoms with Crippen molar-refractivity contribution in [2.45, 2.75) is 46.0 Å². The van der Waals surface area contributed by atoms with E-state index in [1.807, 2.05) is 12.3 Å². The van der Waals surface area contributed by atoms with Gasteiger partial charge in [-0.25, -0.2) is 0 Å². The minimum Gasteiger partial charge on any atom is -0.299 e. The molecule has 0 saturated heterocycles. The molecule has 92 valence electrons. The SMILES string of the molecule is CCc1ccc(CC(=O)C2CCC(C)C2)nc1. The van der Waals surface area contributed by atoms with E-state index in [0.717, 1.165) is 30.9 Å². The van der Waals surface area contributed by atoms with Crippen molar-refractivity contribution in [1.29, 1.82) is 0 Å². The van der Waals surface area contributed by atoms with Gasteiger partial charge in [-0.3, -0.25) is 9.78 Å². The molecule has 2 atom stereocenters. The van der Waals surface area contributed by atoms with Gasteiger partial charge in [0.25, 0.3) is 0 Å². The van der Waals surface area contributed by atoms with Crippen LogP contribution in [0.25, 0.3) is 0 Å². The maximum absolute atomic E-state index is 12.1. The van der Waals surface area contributed by atoms with Crippen LogP contribution in [0.3, 0.4) is 0 Å². The van der Waals surface area contributed by atoms with E-state index in [0.29, 0.717) is 12.2 Å². The average molecular weight is 231 g/mol. The number of aryl methyl sites for hydroxylation is 1. The van der Waals surface area contributed by atoms with Crippen LogP contribution in [0.1, 0.15) is 44.4 Å². The Kier molecular flexibility index (Phi) is 3.93. The summed E-state index contributed by atoms with van der Waals surface area (Å²) in [5, 5.41) is 0. The zero-order chi connectivity index (χ0) is 12.3. The van der Waals surface area contributed by atoms with Gasteiger partial charge >= 0.3 is 0 Å². The van der Waals surface area contributed by atoms with Crippen molar-refractivity contribution in [2.24, 2.45) is 11.8 Å². The molecule has 2 heteroatoms. The minimum absolute atomic E-state index is 0.289. The summed E-state index contributed by atoms with van der Waals surface area (Å²) in [5.74, 6) is 1.39. The molecule has 0 spiro atoms. The molecule has 17 heavy (non-hydrogen) atoms. The third kappa shape index (κ3) is 3.15. The zero-order valence-electron chi connectivity index (χ0n) is 10.8. The first kappa shape index (κ1) is 12.3. The normalized spacial score (nSPS) is 23.9. The first-order valence-corrected chi connectivity index (χ1v) is 6.65. The molecular weight excluding hydrogens is 210 g/mol. The molecule has 1 aromatic rings. The van der Waals surface area contributed by atoms with E-state index in [1.54, 1.807) is 0 Å².